The van der Waals surface area contributed by atoms with Crippen LogP contribution in [0.3, 0.4) is 0 Å². The van der Waals surface area contributed by atoms with E-state index in [4.69, 9.17) is 22.2 Å². The molecule has 5 rings (SSSR count). The van der Waals surface area contributed by atoms with Crippen molar-refractivity contribution in [2.75, 3.05) is 52.7 Å². The Morgan fingerprint density at radius 1 is 0.861 bits per heavy atom. The van der Waals surface area contributed by atoms with Gasteiger partial charge in [-0.2, -0.15) is 9.97 Å². The van der Waals surface area contributed by atoms with Crippen molar-refractivity contribution in [3.8, 4) is 0 Å². The van der Waals surface area contributed by atoms with E-state index in [2.05, 4.69) is 80.8 Å². The quantitative estimate of drug-likeness (QED) is 0.473. The summed E-state index contributed by atoms with van der Waals surface area (Å²) in [5.74, 6) is 2.49. The molecule has 0 spiro atoms. The maximum Gasteiger partial charge on any atom is 0.232 e. The molecule has 0 aliphatic carbocycles. The Hall–Kier alpha value is -3.39. The molecule has 8 heteroatoms. The van der Waals surface area contributed by atoms with E-state index < -0.39 is 0 Å². The first-order valence-electron chi connectivity index (χ1n) is 13.0. The third-order valence-corrected chi connectivity index (χ3v) is 7.29. The molecule has 188 valence electrons. The number of hydrogen-bond acceptors (Lipinski definition) is 6. The first kappa shape index (κ1) is 24.3. The van der Waals surface area contributed by atoms with Crippen LogP contribution in [0.1, 0.15) is 31.7 Å². The van der Waals surface area contributed by atoms with Crippen LogP contribution in [0.4, 0.5) is 23.3 Å². The van der Waals surface area contributed by atoms with Gasteiger partial charge < -0.3 is 25.3 Å². The zero-order valence-corrected chi connectivity index (χ0v) is 21.8. The maximum atomic E-state index is 5.59. The van der Waals surface area contributed by atoms with Crippen LogP contribution in [0, 0.1) is 0 Å². The number of piperazine rings is 1. The van der Waals surface area contributed by atoms with Crippen molar-refractivity contribution in [2.45, 2.75) is 38.8 Å². The number of rotatable bonds is 6. The number of aromatic nitrogens is 2. The molecule has 1 atom stereocenters. The molecule has 3 heterocycles. The smallest absolute Gasteiger partial charge is 0.232 e. The van der Waals surface area contributed by atoms with E-state index in [-0.39, 0.29) is 0 Å². The Labute approximate surface area is 219 Å². The van der Waals surface area contributed by atoms with Crippen molar-refractivity contribution >= 4 is 40.6 Å². The normalized spacial score (nSPS) is 18.1. The van der Waals surface area contributed by atoms with Gasteiger partial charge in [0.1, 0.15) is 11.6 Å². The Bertz CT molecular complexity index is 1130. The van der Waals surface area contributed by atoms with Crippen LogP contribution in [0.15, 0.2) is 66.7 Å². The molecular formula is C28H35N7S. The summed E-state index contributed by atoms with van der Waals surface area (Å²) in [6, 6.07) is 23.5. The highest BCUT2D eigenvalue weighted by Crippen LogP contribution is 2.28. The van der Waals surface area contributed by atoms with E-state index in [0.717, 1.165) is 44.4 Å². The molecule has 0 amide bonds. The van der Waals surface area contributed by atoms with Crippen molar-refractivity contribution in [3.63, 3.8) is 0 Å². The van der Waals surface area contributed by atoms with Crippen LogP contribution in [0.5, 0.6) is 0 Å². The Balaban J connectivity index is 1.31. The van der Waals surface area contributed by atoms with Gasteiger partial charge in [0.05, 0.1) is 0 Å². The SMILES string of the molecule is C[C@H]1CCCCN1c1cc(N2CCN(c3ccccc3)CC2)nc(NC(=S)NCc2ccccc2)n1. The molecule has 2 aliphatic rings. The summed E-state index contributed by atoms with van der Waals surface area (Å²) in [6.45, 7) is 7.72. The molecule has 0 saturated carbocycles. The van der Waals surface area contributed by atoms with Gasteiger partial charge in [0.25, 0.3) is 0 Å². The van der Waals surface area contributed by atoms with Gasteiger partial charge >= 0.3 is 0 Å². The number of nitrogens with zero attached hydrogens (tertiary/aromatic N) is 5. The van der Waals surface area contributed by atoms with E-state index in [1.807, 2.05) is 18.2 Å². The van der Waals surface area contributed by atoms with Crippen molar-refractivity contribution in [3.05, 3.63) is 72.3 Å². The first-order chi connectivity index (χ1) is 17.7. The molecule has 0 unspecified atom stereocenters. The Morgan fingerprint density at radius 3 is 2.25 bits per heavy atom. The molecule has 0 radical (unpaired) electrons. The lowest BCUT2D eigenvalue weighted by molar-refractivity contribution is 0.481. The van der Waals surface area contributed by atoms with Gasteiger partial charge in [-0.15, -0.1) is 0 Å². The lowest BCUT2D eigenvalue weighted by Crippen LogP contribution is -2.47. The van der Waals surface area contributed by atoms with Gasteiger partial charge in [0.2, 0.25) is 5.95 Å². The zero-order valence-electron chi connectivity index (χ0n) is 20.9. The second-order valence-electron chi connectivity index (χ2n) is 9.55. The molecule has 2 N–H and O–H groups in total. The molecule has 36 heavy (non-hydrogen) atoms. The summed E-state index contributed by atoms with van der Waals surface area (Å²) in [5, 5.41) is 7.07. The predicted molar refractivity (Wildman–Crippen MR) is 153 cm³/mol. The molecule has 2 fully saturated rings. The van der Waals surface area contributed by atoms with Crippen molar-refractivity contribution < 1.29 is 0 Å². The third kappa shape index (κ3) is 6.05. The minimum atomic E-state index is 0.465. The molecule has 3 aromatic rings. The van der Waals surface area contributed by atoms with Gasteiger partial charge in [-0.1, -0.05) is 48.5 Å². The third-order valence-electron chi connectivity index (χ3n) is 7.04. The number of anilines is 4. The van der Waals surface area contributed by atoms with Gasteiger partial charge in [-0.3, -0.25) is 0 Å². The molecular weight excluding hydrogens is 466 g/mol. The monoisotopic (exact) mass is 501 g/mol. The van der Waals surface area contributed by atoms with E-state index in [1.54, 1.807) is 0 Å². The number of para-hydroxylation sites is 1. The van der Waals surface area contributed by atoms with Gasteiger partial charge in [-0.05, 0) is 56.1 Å². The molecule has 2 aliphatic heterocycles. The number of thiocarbonyl (C=S) groups is 1. The zero-order chi connectivity index (χ0) is 24.7. The lowest BCUT2D eigenvalue weighted by Gasteiger charge is -2.38. The molecule has 0 bridgehead atoms. The average Bonchev–Trinajstić information content (AvgIpc) is 2.93. The van der Waals surface area contributed by atoms with E-state index in [0.29, 0.717) is 23.6 Å². The Morgan fingerprint density at radius 2 is 1.53 bits per heavy atom. The van der Waals surface area contributed by atoms with Crippen LogP contribution in [-0.2, 0) is 6.54 Å². The largest absolute Gasteiger partial charge is 0.368 e. The molecule has 2 saturated heterocycles. The summed E-state index contributed by atoms with van der Waals surface area (Å²) in [5.41, 5.74) is 2.45. The lowest BCUT2D eigenvalue weighted by atomic mass is 10.0. The van der Waals surface area contributed by atoms with Crippen molar-refractivity contribution in [1.82, 2.24) is 15.3 Å². The van der Waals surface area contributed by atoms with E-state index >= 15 is 0 Å². The first-order valence-corrected chi connectivity index (χ1v) is 13.4. The number of benzene rings is 2. The fourth-order valence-corrected chi connectivity index (χ4v) is 5.15. The molecule has 1 aromatic heterocycles. The fourth-order valence-electron chi connectivity index (χ4n) is 4.98. The van der Waals surface area contributed by atoms with Gasteiger partial charge in [0.15, 0.2) is 5.11 Å². The van der Waals surface area contributed by atoms with E-state index in [9.17, 15) is 0 Å². The van der Waals surface area contributed by atoms with Crippen LogP contribution in [-0.4, -0.2) is 53.8 Å². The fraction of sp³-hybridized carbons (Fsp3) is 0.393. The molecule has 2 aromatic carbocycles. The summed E-state index contributed by atoms with van der Waals surface area (Å²) in [4.78, 5) is 17.0. The van der Waals surface area contributed by atoms with Gasteiger partial charge in [0, 0.05) is 57.1 Å². The summed E-state index contributed by atoms with van der Waals surface area (Å²) >= 11 is 5.59. The minimum absolute atomic E-state index is 0.465. The second-order valence-corrected chi connectivity index (χ2v) is 9.96. The number of hydrogen-bond donors (Lipinski definition) is 2. The minimum Gasteiger partial charge on any atom is -0.368 e. The van der Waals surface area contributed by atoms with Crippen LogP contribution in [0.25, 0.3) is 0 Å². The summed E-state index contributed by atoms with van der Waals surface area (Å²) in [7, 11) is 0. The average molecular weight is 502 g/mol. The highest BCUT2D eigenvalue weighted by molar-refractivity contribution is 7.80. The van der Waals surface area contributed by atoms with Crippen LogP contribution in [0.2, 0.25) is 0 Å². The number of nitrogens with one attached hydrogen (secondary N) is 2. The van der Waals surface area contributed by atoms with Crippen LogP contribution < -0.4 is 25.3 Å². The molecule has 7 nitrogen and oxygen atoms in total. The maximum absolute atomic E-state index is 5.59. The topological polar surface area (TPSA) is 59.6 Å². The van der Waals surface area contributed by atoms with Crippen LogP contribution >= 0.6 is 12.2 Å². The second kappa shape index (κ2) is 11.6. The van der Waals surface area contributed by atoms with Crippen molar-refractivity contribution in [2.24, 2.45) is 0 Å². The van der Waals surface area contributed by atoms with E-state index in [1.165, 1.54) is 30.5 Å². The van der Waals surface area contributed by atoms with Crippen molar-refractivity contribution in [1.29, 1.82) is 0 Å². The summed E-state index contributed by atoms with van der Waals surface area (Å²) < 4.78 is 0. The summed E-state index contributed by atoms with van der Waals surface area (Å²) in [6.07, 6.45) is 3.66. The predicted octanol–water partition coefficient (Wildman–Crippen LogP) is 4.67. The highest BCUT2D eigenvalue weighted by Gasteiger charge is 2.24. The number of piperidine rings is 1. The highest BCUT2D eigenvalue weighted by atomic mass is 32.1. The Kier molecular flexibility index (Phi) is 7.81. The van der Waals surface area contributed by atoms with Gasteiger partial charge in [-0.25, -0.2) is 0 Å². The standard InChI is InChI=1S/C28H35N7S/c1-22-10-8-9-15-35(22)26-20-25(34-18-16-33(17-19-34)24-13-6-3-7-14-24)30-27(31-26)32-28(36)29-21-23-11-4-2-5-12-23/h2-7,11-14,20,22H,8-10,15-19,21H2,1H3,(H2,29,30,31,32,36)/t22-/m0/s1.